The van der Waals surface area contributed by atoms with E-state index in [1.165, 1.54) is 19.2 Å². The van der Waals surface area contributed by atoms with Gasteiger partial charge in [0.15, 0.2) is 4.77 Å². The molecular weight excluding hydrogens is 416 g/mol. The number of hydrogen-bond donors (Lipinski definition) is 1. The van der Waals surface area contributed by atoms with Crippen LogP contribution in [-0.2, 0) is 12.4 Å². The van der Waals surface area contributed by atoms with Gasteiger partial charge in [-0.05, 0) is 61.1 Å². The highest BCUT2D eigenvalue weighted by Crippen LogP contribution is 2.40. The Hall–Kier alpha value is -2.88. The Balaban J connectivity index is 2.20. The van der Waals surface area contributed by atoms with Crippen LogP contribution in [0.5, 0.6) is 0 Å². The number of nitrogens with one attached hydrogen (secondary N) is 1. The van der Waals surface area contributed by atoms with Gasteiger partial charge in [-0.1, -0.05) is 0 Å². The van der Waals surface area contributed by atoms with E-state index < -0.39 is 23.5 Å². The molecule has 0 aliphatic rings. The van der Waals surface area contributed by atoms with E-state index in [1.807, 2.05) is 0 Å². The van der Waals surface area contributed by atoms with Gasteiger partial charge in [-0.15, -0.1) is 0 Å². The standard InChI is InChI=1S/C19H11F6N3S/c1-9-6-11(19(23,24)25)8-13-12-7-10(18(20,21)22)2-3-14(12)28(16(9)13)15-4-5-26-17(29)27-15/h2-8H,1H3,(H,26,27,29). The van der Waals surface area contributed by atoms with Crippen molar-refractivity contribution >= 4 is 34.0 Å². The first-order valence-electron chi connectivity index (χ1n) is 8.26. The molecule has 0 aliphatic heterocycles. The number of aryl methyl sites for hydroxylation is 1. The monoisotopic (exact) mass is 427 g/mol. The molecule has 0 radical (unpaired) electrons. The van der Waals surface area contributed by atoms with Crippen molar-refractivity contribution in [1.82, 2.24) is 14.5 Å². The summed E-state index contributed by atoms with van der Waals surface area (Å²) in [6.07, 6.45) is -7.85. The highest BCUT2D eigenvalue weighted by atomic mass is 32.1. The van der Waals surface area contributed by atoms with Crippen LogP contribution < -0.4 is 0 Å². The minimum Gasteiger partial charge on any atom is -0.317 e. The van der Waals surface area contributed by atoms with Gasteiger partial charge in [0.25, 0.3) is 0 Å². The van der Waals surface area contributed by atoms with Gasteiger partial charge in [0.05, 0.1) is 22.2 Å². The zero-order chi connectivity index (χ0) is 21.1. The van der Waals surface area contributed by atoms with Crippen molar-refractivity contribution in [1.29, 1.82) is 0 Å². The number of aromatic amines is 1. The Bertz CT molecular complexity index is 1310. The normalized spacial score (nSPS) is 12.8. The fourth-order valence-electron chi connectivity index (χ4n) is 3.43. The predicted octanol–water partition coefficient (Wildman–Crippen LogP) is 6.58. The molecule has 2 aromatic carbocycles. The quantitative estimate of drug-likeness (QED) is 0.275. The van der Waals surface area contributed by atoms with Crippen LogP contribution in [0.2, 0.25) is 0 Å². The number of nitrogens with zero attached hydrogens (tertiary/aromatic N) is 2. The summed E-state index contributed by atoms with van der Waals surface area (Å²) in [6, 6.07) is 6.39. The minimum absolute atomic E-state index is 0.0557. The van der Waals surface area contributed by atoms with E-state index >= 15 is 0 Å². The van der Waals surface area contributed by atoms with E-state index in [-0.39, 0.29) is 21.1 Å². The third-order valence-corrected chi connectivity index (χ3v) is 4.81. The van der Waals surface area contributed by atoms with Crippen LogP contribution in [0.3, 0.4) is 0 Å². The van der Waals surface area contributed by atoms with Gasteiger partial charge in [0.2, 0.25) is 0 Å². The SMILES string of the molecule is Cc1cc(C(F)(F)F)cc2c3cc(C(F)(F)F)ccc3n(-c3ccnc(=S)[nH]3)c12. The lowest BCUT2D eigenvalue weighted by Gasteiger charge is -2.12. The van der Waals surface area contributed by atoms with Gasteiger partial charge in [0, 0.05) is 17.0 Å². The van der Waals surface area contributed by atoms with Crippen molar-refractivity contribution in [2.75, 3.05) is 0 Å². The maximum Gasteiger partial charge on any atom is 0.416 e. The molecule has 1 N–H and O–H groups in total. The summed E-state index contributed by atoms with van der Waals surface area (Å²) in [6.45, 7) is 1.48. The molecule has 0 amide bonds. The minimum atomic E-state index is -4.63. The smallest absolute Gasteiger partial charge is 0.317 e. The predicted molar refractivity (Wildman–Crippen MR) is 98.5 cm³/mol. The molecule has 0 atom stereocenters. The lowest BCUT2D eigenvalue weighted by Crippen LogP contribution is -2.06. The number of fused-ring (bicyclic) bond motifs is 3. The van der Waals surface area contributed by atoms with E-state index in [0.29, 0.717) is 16.9 Å². The summed E-state index contributed by atoms with van der Waals surface area (Å²) in [4.78, 5) is 6.71. The maximum absolute atomic E-state index is 13.3. The zero-order valence-electron chi connectivity index (χ0n) is 14.6. The second-order valence-corrected chi connectivity index (χ2v) is 6.90. The van der Waals surface area contributed by atoms with Crippen LogP contribution >= 0.6 is 12.2 Å². The number of aromatic nitrogens is 3. The second-order valence-electron chi connectivity index (χ2n) is 6.51. The molecule has 0 saturated carbocycles. The average molecular weight is 427 g/mol. The Morgan fingerprint density at radius 3 is 2.17 bits per heavy atom. The van der Waals surface area contributed by atoms with E-state index in [2.05, 4.69) is 9.97 Å². The van der Waals surface area contributed by atoms with Crippen molar-refractivity contribution in [3.8, 4) is 5.82 Å². The number of benzene rings is 2. The second kappa shape index (κ2) is 6.31. The van der Waals surface area contributed by atoms with Crippen LogP contribution in [0, 0.1) is 11.7 Å². The Morgan fingerprint density at radius 1 is 0.897 bits per heavy atom. The first-order valence-corrected chi connectivity index (χ1v) is 8.66. The van der Waals surface area contributed by atoms with Crippen molar-refractivity contribution in [3.63, 3.8) is 0 Å². The van der Waals surface area contributed by atoms with Crippen molar-refractivity contribution in [3.05, 3.63) is 64.1 Å². The largest absolute Gasteiger partial charge is 0.416 e. The van der Waals surface area contributed by atoms with Gasteiger partial charge in [-0.3, -0.25) is 4.57 Å². The van der Waals surface area contributed by atoms with Crippen LogP contribution in [0.15, 0.2) is 42.6 Å². The number of rotatable bonds is 1. The molecule has 29 heavy (non-hydrogen) atoms. The molecule has 10 heteroatoms. The summed E-state index contributed by atoms with van der Waals surface area (Å²) in [5.41, 5.74) is -0.949. The lowest BCUT2D eigenvalue weighted by atomic mass is 10.0. The van der Waals surface area contributed by atoms with Crippen molar-refractivity contribution in [2.24, 2.45) is 0 Å². The molecule has 0 aliphatic carbocycles. The first kappa shape index (κ1) is 19.4. The fraction of sp³-hybridized carbons (Fsp3) is 0.158. The van der Waals surface area contributed by atoms with Crippen LogP contribution in [0.4, 0.5) is 26.3 Å². The lowest BCUT2D eigenvalue weighted by molar-refractivity contribution is -0.138. The average Bonchev–Trinajstić information content (AvgIpc) is 2.94. The third-order valence-electron chi connectivity index (χ3n) is 4.61. The summed E-state index contributed by atoms with van der Waals surface area (Å²) in [5.74, 6) is 0.382. The van der Waals surface area contributed by atoms with Crippen molar-refractivity contribution < 1.29 is 26.3 Å². The first-order chi connectivity index (χ1) is 13.5. The Labute approximate surface area is 164 Å². The van der Waals surface area contributed by atoms with Gasteiger partial charge >= 0.3 is 12.4 Å². The van der Waals surface area contributed by atoms with E-state index in [1.54, 1.807) is 10.6 Å². The molecule has 2 heterocycles. The van der Waals surface area contributed by atoms with E-state index in [4.69, 9.17) is 12.2 Å². The van der Waals surface area contributed by atoms with Gasteiger partial charge < -0.3 is 4.98 Å². The van der Waals surface area contributed by atoms with E-state index in [0.717, 1.165) is 24.3 Å². The Morgan fingerprint density at radius 2 is 1.55 bits per heavy atom. The molecule has 0 bridgehead atoms. The highest BCUT2D eigenvalue weighted by molar-refractivity contribution is 7.71. The summed E-state index contributed by atoms with van der Waals surface area (Å²) in [7, 11) is 0. The van der Waals surface area contributed by atoms with Crippen LogP contribution in [0.1, 0.15) is 16.7 Å². The molecule has 0 fully saturated rings. The number of alkyl halides is 6. The molecule has 0 unspecified atom stereocenters. The van der Waals surface area contributed by atoms with Crippen LogP contribution in [0.25, 0.3) is 27.6 Å². The molecule has 0 spiro atoms. The Kier molecular flexibility index (Phi) is 4.23. The highest BCUT2D eigenvalue weighted by Gasteiger charge is 2.34. The molecule has 3 nitrogen and oxygen atoms in total. The molecule has 2 aromatic heterocycles. The molecule has 4 rings (SSSR count). The number of H-pyrrole nitrogens is 1. The third kappa shape index (κ3) is 3.27. The van der Waals surface area contributed by atoms with Crippen LogP contribution in [-0.4, -0.2) is 14.5 Å². The summed E-state index contributed by atoms with van der Waals surface area (Å²) in [5, 5.41) is 0.120. The number of hydrogen-bond acceptors (Lipinski definition) is 2. The molecule has 4 aromatic rings. The molecular formula is C19H11F6N3S. The van der Waals surface area contributed by atoms with E-state index in [9.17, 15) is 26.3 Å². The topological polar surface area (TPSA) is 33.6 Å². The zero-order valence-corrected chi connectivity index (χ0v) is 15.4. The molecule has 0 saturated heterocycles. The number of halogens is 6. The van der Waals surface area contributed by atoms with Gasteiger partial charge in [0.1, 0.15) is 5.82 Å². The van der Waals surface area contributed by atoms with Gasteiger partial charge in [-0.25, -0.2) is 4.98 Å². The maximum atomic E-state index is 13.3. The molecule has 150 valence electrons. The summed E-state index contributed by atoms with van der Waals surface area (Å²) >= 11 is 5.01. The van der Waals surface area contributed by atoms with Crippen molar-refractivity contribution in [2.45, 2.75) is 19.3 Å². The fourth-order valence-corrected chi connectivity index (χ4v) is 3.59. The summed E-state index contributed by atoms with van der Waals surface area (Å²) < 4.78 is 81.4. The van der Waals surface area contributed by atoms with Gasteiger partial charge in [-0.2, -0.15) is 26.3 Å².